The molecule has 1 aliphatic heterocycles. The number of halogens is 1. The van der Waals surface area contributed by atoms with Gasteiger partial charge < -0.3 is 10.2 Å². The van der Waals surface area contributed by atoms with Crippen LogP contribution in [0.4, 0.5) is 0 Å². The molecule has 0 radical (unpaired) electrons. The molecule has 108 valence electrons. The van der Waals surface area contributed by atoms with E-state index in [4.69, 9.17) is 11.6 Å². The van der Waals surface area contributed by atoms with Crippen LogP contribution in [0.1, 0.15) is 31.2 Å². The summed E-state index contributed by atoms with van der Waals surface area (Å²) in [7, 11) is 0. The number of carbonyl (C=O) groups is 1. The van der Waals surface area contributed by atoms with Crippen LogP contribution in [0.2, 0.25) is 5.02 Å². The van der Waals surface area contributed by atoms with E-state index in [2.05, 4.69) is 10.2 Å². The largest absolute Gasteiger partial charge is 0.335 e. The van der Waals surface area contributed by atoms with Gasteiger partial charge in [0.05, 0.1) is 5.92 Å². The van der Waals surface area contributed by atoms with Crippen LogP contribution in [0.25, 0.3) is 0 Å². The number of nitrogens with zero attached hydrogens (tertiary/aromatic N) is 1. The van der Waals surface area contributed by atoms with Crippen molar-refractivity contribution in [2.75, 3.05) is 13.1 Å². The first kappa shape index (κ1) is 13.9. The normalized spacial score (nSPS) is 22.6. The molecule has 1 heterocycles. The van der Waals surface area contributed by atoms with Crippen LogP contribution in [0.3, 0.4) is 0 Å². The summed E-state index contributed by atoms with van der Waals surface area (Å²) in [6.45, 7) is 2.60. The average Bonchev–Trinajstić information content (AvgIpc) is 3.31. The van der Waals surface area contributed by atoms with Crippen LogP contribution in [0.15, 0.2) is 24.3 Å². The highest BCUT2D eigenvalue weighted by atomic mass is 35.5. The standard InChI is InChI=1S/C16H21ClN2O/c17-14-5-3-12(4-6-14)11-19(15-7-8-15)16(20)13-2-1-9-18-10-13/h3-6,13,15,18H,1-2,7-11H2/t13-/m1/s1. The number of amides is 1. The van der Waals surface area contributed by atoms with Gasteiger partial charge in [0.2, 0.25) is 5.91 Å². The van der Waals surface area contributed by atoms with Crippen LogP contribution in [0, 0.1) is 5.92 Å². The zero-order valence-corrected chi connectivity index (χ0v) is 12.4. The maximum absolute atomic E-state index is 12.7. The molecule has 1 N–H and O–H groups in total. The molecular formula is C16H21ClN2O. The molecule has 0 unspecified atom stereocenters. The van der Waals surface area contributed by atoms with E-state index in [0.717, 1.165) is 50.3 Å². The fraction of sp³-hybridized carbons (Fsp3) is 0.562. The number of carbonyl (C=O) groups excluding carboxylic acids is 1. The third-order valence-corrected chi connectivity index (χ3v) is 4.43. The van der Waals surface area contributed by atoms with E-state index in [1.54, 1.807) is 0 Å². The highest BCUT2D eigenvalue weighted by Crippen LogP contribution is 2.31. The minimum atomic E-state index is 0.164. The van der Waals surface area contributed by atoms with Crippen molar-refractivity contribution in [3.63, 3.8) is 0 Å². The summed E-state index contributed by atoms with van der Waals surface area (Å²) < 4.78 is 0. The first-order valence-corrected chi connectivity index (χ1v) is 7.87. The van der Waals surface area contributed by atoms with Crippen LogP contribution in [-0.2, 0) is 11.3 Å². The van der Waals surface area contributed by atoms with E-state index in [0.29, 0.717) is 11.9 Å². The van der Waals surface area contributed by atoms with E-state index in [1.807, 2.05) is 24.3 Å². The van der Waals surface area contributed by atoms with Crippen molar-refractivity contribution in [3.8, 4) is 0 Å². The molecule has 2 fully saturated rings. The fourth-order valence-electron chi connectivity index (χ4n) is 2.86. The van der Waals surface area contributed by atoms with Gasteiger partial charge >= 0.3 is 0 Å². The van der Waals surface area contributed by atoms with Gasteiger partial charge in [0, 0.05) is 24.2 Å². The van der Waals surface area contributed by atoms with Crippen LogP contribution >= 0.6 is 11.6 Å². The molecule has 1 aromatic carbocycles. The predicted octanol–water partition coefficient (Wildman–Crippen LogP) is 2.83. The molecule has 1 saturated carbocycles. The van der Waals surface area contributed by atoms with Crippen LogP contribution in [-0.4, -0.2) is 29.9 Å². The van der Waals surface area contributed by atoms with Crippen molar-refractivity contribution in [2.24, 2.45) is 5.92 Å². The number of benzene rings is 1. The van der Waals surface area contributed by atoms with E-state index >= 15 is 0 Å². The quantitative estimate of drug-likeness (QED) is 0.925. The second-order valence-corrected chi connectivity index (χ2v) is 6.30. The molecule has 2 aliphatic rings. The molecule has 3 rings (SSSR count). The summed E-state index contributed by atoms with van der Waals surface area (Å²) in [6.07, 6.45) is 4.44. The van der Waals surface area contributed by atoms with E-state index < -0.39 is 0 Å². The summed E-state index contributed by atoms with van der Waals surface area (Å²) in [5.41, 5.74) is 1.17. The Hall–Kier alpha value is -1.06. The van der Waals surface area contributed by atoms with Crippen LogP contribution < -0.4 is 5.32 Å². The Bertz CT molecular complexity index is 464. The maximum atomic E-state index is 12.7. The third-order valence-electron chi connectivity index (χ3n) is 4.18. The highest BCUT2D eigenvalue weighted by molar-refractivity contribution is 6.30. The van der Waals surface area contributed by atoms with Crippen molar-refractivity contribution in [2.45, 2.75) is 38.3 Å². The number of hydrogen-bond acceptors (Lipinski definition) is 2. The monoisotopic (exact) mass is 292 g/mol. The Morgan fingerprint density at radius 3 is 2.60 bits per heavy atom. The minimum absolute atomic E-state index is 0.164. The lowest BCUT2D eigenvalue weighted by Gasteiger charge is -2.30. The molecule has 3 nitrogen and oxygen atoms in total. The number of nitrogens with one attached hydrogen (secondary N) is 1. The summed E-state index contributed by atoms with van der Waals surface area (Å²) in [5.74, 6) is 0.492. The van der Waals surface area contributed by atoms with E-state index in [9.17, 15) is 4.79 Å². The number of piperidine rings is 1. The Morgan fingerprint density at radius 1 is 1.25 bits per heavy atom. The van der Waals surface area contributed by atoms with Crippen molar-refractivity contribution in [3.05, 3.63) is 34.9 Å². The number of hydrogen-bond donors (Lipinski definition) is 1. The van der Waals surface area contributed by atoms with Gasteiger partial charge in [0.1, 0.15) is 0 Å². The second-order valence-electron chi connectivity index (χ2n) is 5.87. The lowest BCUT2D eigenvalue weighted by molar-refractivity contribution is -0.137. The molecule has 0 aromatic heterocycles. The average molecular weight is 293 g/mol. The summed E-state index contributed by atoms with van der Waals surface area (Å²) in [5, 5.41) is 4.08. The molecule has 1 aliphatic carbocycles. The summed E-state index contributed by atoms with van der Waals surface area (Å²) in [6, 6.07) is 8.29. The van der Waals surface area contributed by atoms with Crippen LogP contribution in [0.5, 0.6) is 0 Å². The van der Waals surface area contributed by atoms with Gasteiger partial charge in [-0.2, -0.15) is 0 Å². The lowest BCUT2D eigenvalue weighted by atomic mass is 9.97. The Labute approximate surface area is 125 Å². The lowest BCUT2D eigenvalue weighted by Crippen LogP contribution is -2.43. The Morgan fingerprint density at radius 2 is 2.00 bits per heavy atom. The van der Waals surface area contributed by atoms with Crippen molar-refractivity contribution < 1.29 is 4.79 Å². The smallest absolute Gasteiger partial charge is 0.227 e. The highest BCUT2D eigenvalue weighted by Gasteiger charge is 2.36. The third kappa shape index (κ3) is 3.33. The Balaban J connectivity index is 1.68. The number of rotatable bonds is 4. The van der Waals surface area contributed by atoms with Gasteiger partial charge in [0.25, 0.3) is 0 Å². The van der Waals surface area contributed by atoms with Crippen molar-refractivity contribution in [1.82, 2.24) is 10.2 Å². The second kappa shape index (κ2) is 6.15. The predicted molar refractivity (Wildman–Crippen MR) is 80.6 cm³/mol. The van der Waals surface area contributed by atoms with Gasteiger partial charge in [-0.15, -0.1) is 0 Å². The first-order chi connectivity index (χ1) is 9.74. The van der Waals surface area contributed by atoms with E-state index in [-0.39, 0.29) is 5.92 Å². The zero-order chi connectivity index (χ0) is 13.9. The van der Waals surface area contributed by atoms with Gasteiger partial charge in [-0.3, -0.25) is 4.79 Å². The maximum Gasteiger partial charge on any atom is 0.227 e. The topological polar surface area (TPSA) is 32.3 Å². The summed E-state index contributed by atoms with van der Waals surface area (Å²) >= 11 is 5.92. The summed E-state index contributed by atoms with van der Waals surface area (Å²) in [4.78, 5) is 14.8. The molecule has 4 heteroatoms. The zero-order valence-electron chi connectivity index (χ0n) is 11.6. The fourth-order valence-corrected chi connectivity index (χ4v) is 2.98. The van der Waals surface area contributed by atoms with Crippen molar-refractivity contribution in [1.29, 1.82) is 0 Å². The molecule has 1 atom stereocenters. The molecule has 1 saturated heterocycles. The molecule has 1 amide bonds. The van der Waals surface area contributed by atoms with E-state index in [1.165, 1.54) is 5.56 Å². The van der Waals surface area contributed by atoms with Crippen molar-refractivity contribution >= 4 is 17.5 Å². The molecule has 0 bridgehead atoms. The van der Waals surface area contributed by atoms with Gasteiger partial charge in [-0.05, 0) is 49.9 Å². The first-order valence-electron chi connectivity index (χ1n) is 7.49. The molecular weight excluding hydrogens is 272 g/mol. The SMILES string of the molecule is O=C([C@@H]1CCCNC1)N(Cc1ccc(Cl)cc1)C1CC1. The molecule has 1 aromatic rings. The van der Waals surface area contributed by atoms with Gasteiger partial charge in [-0.1, -0.05) is 23.7 Å². The molecule has 0 spiro atoms. The molecule has 20 heavy (non-hydrogen) atoms. The Kier molecular flexibility index (Phi) is 4.27. The van der Waals surface area contributed by atoms with Gasteiger partial charge in [0.15, 0.2) is 0 Å². The van der Waals surface area contributed by atoms with Gasteiger partial charge in [-0.25, -0.2) is 0 Å². The minimum Gasteiger partial charge on any atom is -0.335 e.